The first kappa shape index (κ1) is 18.0. The molecule has 0 radical (unpaired) electrons. The number of hydrogen-bond donors (Lipinski definition) is 1. The molecule has 1 N–H and O–H groups in total. The van der Waals surface area contributed by atoms with Gasteiger partial charge in [0.2, 0.25) is 18.6 Å². The maximum Gasteiger partial charge on any atom is 0.257 e. The monoisotopic (exact) mass is 413 g/mol. The SMILES string of the molecule is CN1CC(=O)Nc2sc3c(c2C1=O)CCN(C(=O)Cc1ccc2c(c1)OCO2)C3. The average Bonchev–Trinajstić information content (AvgIpc) is 3.27. The highest BCUT2D eigenvalue weighted by atomic mass is 32.1. The molecule has 3 amide bonds. The van der Waals surface area contributed by atoms with Crippen molar-refractivity contribution in [2.45, 2.75) is 19.4 Å². The summed E-state index contributed by atoms with van der Waals surface area (Å²) in [5.74, 6) is 1.03. The predicted molar refractivity (Wildman–Crippen MR) is 105 cm³/mol. The van der Waals surface area contributed by atoms with E-state index in [-0.39, 0.29) is 37.5 Å². The number of nitrogens with one attached hydrogen (secondary N) is 1. The van der Waals surface area contributed by atoms with E-state index < -0.39 is 0 Å². The lowest BCUT2D eigenvalue weighted by Gasteiger charge is -2.27. The summed E-state index contributed by atoms with van der Waals surface area (Å²) in [6.07, 6.45) is 0.874. The molecule has 0 fully saturated rings. The first-order chi connectivity index (χ1) is 14.0. The maximum atomic E-state index is 12.9. The first-order valence-corrected chi connectivity index (χ1v) is 10.2. The van der Waals surface area contributed by atoms with Crippen molar-refractivity contribution in [2.75, 3.05) is 32.2 Å². The topological polar surface area (TPSA) is 88.2 Å². The summed E-state index contributed by atoms with van der Waals surface area (Å²) in [6.45, 7) is 1.25. The number of carbonyl (C=O) groups excluding carboxylic acids is 3. The molecule has 0 spiro atoms. The molecule has 4 heterocycles. The van der Waals surface area contributed by atoms with E-state index in [0.29, 0.717) is 41.6 Å². The summed E-state index contributed by atoms with van der Waals surface area (Å²) in [4.78, 5) is 41.8. The molecule has 0 bridgehead atoms. The summed E-state index contributed by atoms with van der Waals surface area (Å²) < 4.78 is 10.7. The molecule has 0 saturated heterocycles. The van der Waals surface area contributed by atoms with Crippen LogP contribution in [0.2, 0.25) is 0 Å². The van der Waals surface area contributed by atoms with E-state index >= 15 is 0 Å². The Morgan fingerprint density at radius 1 is 1.21 bits per heavy atom. The average molecular weight is 413 g/mol. The highest BCUT2D eigenvalue weighted by molar-refractivity contribution is 7.17. The Morgan fingerprint density at radius 3 is 2.90 bits per heavy atom. The summed E-state index contributed by atoms with van der Waals surface area (Å²) in [5.41, 5.74) is 2.41. The second-order valence-electron chi connectivity index (χ2n) is 7.35. The van der Waals surface area contributed by atoms with Crippen LogP contribution in [0.4, 0.5) is 5.00 Å². The van der Waals surface area contributed by atoms with E-state index in [2.05, 4.69) is 5.32 Å². The summed E-state index contributed by atoms with van der Waals surface area (Å²) in [6, 6.07) is 5.53. The minimum Gasteiger partial charge on any atom is -0.454 e. The zero-order chi connectivity index (χ0) is 20.1. The van der Waals surface area contributed by atoms with Gasteiger partial charge in [0.05, 0.1) is 25.1 Å². The molecule has 150 valence electrons. The van der Waals surface area contributed by atoms with E-state index in [1.54, 1.807) is 11.9 Å². The van der Waals surface area contributed by atoms with Gasteiger partial charge >= 0.3 is 0 Å². The number of carbonyl (C=O) groups is 3. The Hall–Kier alpha value is -3.07. The fourth-order valence-electron chi connectivity index (χ4n) is 3.91. The minimum atomic E-state index is -0.200. The van der Waals surface area contributed by atoms with Crippen molar-refractivity contribution in [1.29, 1.82) is 0 Å². The number of benzene rings is 1. The lowest BCUT2D eigenvalue weighted by molar-refractivity contribution is -0.131. The number of nitrogens with zero attached hydrogens (tertiary/aromatic N) is 2. The smallest absolute Gasteiger partial charge is 0.257 e. The Balaban J connectivity index is 1.35. The normalized spacial score (nSPS) is 17.6. The van der Waals surface area contributed by atoms with Crippen LogP contribution in [0.3, 0.4) is 0 Å². The molecule has 0 saturated carbocycles. The van der Waals surface area contributed by atoms with Gasteiger partial charge in [-0.05, 0) is 29.7 Å². The van der Waals surface area contributed by atoms with Crippen molar-refractivity contribution in [3.05, 3.63) is 39.8 Å². The number of likely N-dealkylation sites (N-methyl/N-ethyl adjacent to an activating group) is 1. The van der Waals surface area contributed by atoms with Crippen LogP contribution in [-0.4, -0.2) is 54.5 Å². The fraction of sp³-hybridized carbons (Fsp3) is 0.350. The Labute approximate surface area is 171 Å². The third-order valence-electron chi connectivity index (χ3n) is 5.40. The molecule has 8 nitrogen and oxygen atoms in total. The van der Waals surface area contributed by atoms with Crippen molar-refractivity contribution >= 4 is 34.1 Å². The molecule has 0 aliphatic carbocycles. The van der Waals surface area contributed by atoms with Gasteiger partial charge in [-0.2, -0.15) is 0 Å². The number of anilines is 1. The largest absolute Gasteiger partial charge is 0.454 e. The van der Waals surface area contributed by atoms with Crippen molar-refractivity contribution < 1.29 is 23.9 Å². The minimum absolute atomic E-state index is 0.0191. The van der Waals surface area contributed by atoms with E-state index in [1.165, 1.54) is 16.2 Å². The number of hydrogen-bond acceptors (Lipinski definition) is 6. The van der Waals surface area contributed by atoms with Crippen molar-refractivity contribution in [3.8, 4) is 11.5 Å². The molecular weight excluding hydrogens is 394 g/mol. The Morgan fingerprint density at radius 2 is 2.03 bits per heavy atom. The molecule has 3 aliphatic heterocycles. The molecule has 9 heteroatoms. The van der Waals surface area contributed by atoms with E-state index in [9.17, 15) is 14.4 Å². The Kier molecular flexibility index (Phi) is 4.20. The number of ether oxygens (including phenoxy) is 2. The van der Waals surface area contributed by atoms with Gasteiger partial charge in [-0.3, -0.25) is 14.4 Å². The summed E-state index contributed by atoms with van der Waals surface area (Å²) in [7, 11) is 1.63. The molecule has 3 aliphatic rings. The molecule has 0 unspecified atom stereocenters. The van der Waals surface area contributed by atoms with Crippen molar-refractivity contribution in [1.82, 2.24) is 9.80 Å². The van der Waals surface area contributed by atoms with Crippen LogP contribution in [0, 0.1) is 0 Å². The van der Waals surface area contributed by atoms with Crippen molar-refractivity contribution in [2.24, 2.45) is 0 Å². The van der Waals surface area contributed by atoms with Crippen LogP contribution in [-0.2, 0) is 29.0 Å². The Bertz CT molecular complexity index is 1050. The second kappa shape index (κ2) is 6.77. The van der Waals surface area contributed by atoms with Crippen LogP contribution in [0.15, 0.2) is 18.2 Å². The molecule has 1 aromatic heterocycles. The number of fused-ring (bicyclic) bond motifs is 4. The highest BCUT2D eigenvalue weighted by Crippen LogP contribution is 2.39. The highest BCUT2D eigenvalue weighted by Gasteiger charge is 2.33. The first-order valence-electron chi connectivity index (χ1n) is 9.36. The molecular formula is C20H19N3O5S. The van der Waals surface area contributed by atoms with Gasteiger partial charge in [0, 0.05) is 18.5 Å². The molecule has 0 atom stereocenters. The zero-order valence-corrected chi connectivity index (χ0v) is 16.6. The standard InChI is InChI=1S/C20H19N3O5S/c1-22-9-16(24)21-19-18(20(22)26)12-4-5-23(8-15(12)29-19)17(25)7-11-2-3-13-14(6-11)28-10-27-13/h2-3,6H,4-5,7-10H2,1H3,(H,21,24). The second-order valence-corrected chi connectivity index (χ2v) is 8.45. The van der Waals surface area contributed by atoms with Gasteiger partial charge in [0.1, 0.15) is 5.00 Å². The lowest BCUT2D eigenvalue weighted by atomic mass is 10.0. The molecule has 2 aromatic rings. The van der Waals surface area contributed by atoms with Gasteiger partial charge in [0.25, 0.3) is 5.91 Å². The van der Waals surface area contributed by atoms with E-state index in [4.69, 9.17) is 9.47 Å². The van der Waals surface area contributed by atoms with Crippen LogP contribution in [0.25, 0.3) is 0 Å². The quantitative estimate of drug-likeness (QED) is 0.809. The van der Waals surface area contributed by atoms with E-state index in [1.807, 2.05) is 18.2 Å². The lowest BCUT2D eigenvalue weighted by Crippen LogP contribution is -2.37. The van der Waals surface area contributed by atoms with Gasteiger partial charge < -0.3 is 24.6 Å². The van der Waals surface area contributed by atoms with E-state index in [0.717, 1.165) is 16.0 Å². The molecule has 29 heavy (non-hydrogen) atoms. The third kappa shape index (κ3) is 3.11. The zero-order valence-electron chi connectivity index (χ0n) is 15.8. The van der Waals surface area contributed by atoms with Crippen molar-refractivity contribution in [3.63, 3.8) is 0 Å². The van der Waals surface area contributed by atoms with Gasteiger partial charge in [-0.15, -0.1) is 11.3 Å². The number of rotatable bonds is 2. The number of amides is 3. The van der Waals surface area contributed by atoms with Crippen LogP contribution >= 0.6 is 11.3 Å². The summed E-state index contributed by atoms with van der Waals surface area (Å²) >= 11 is 1.39. The molecule has 1 aromatic carbocycles. The van der Waals surface area contributed by atoms with Gasteiger partial charge in [0.15, 0.2) is 11.5 Å². The number of thiophene rings is 1. The van der Waals surface area contributed by atoms with Gasteiger partial charge in [-0.1, -0.05) is 6.07 Å². The van der Waals surface area contributed by atoms with Gasteiger partial charge in [-0.25, -0.2) is 0 Å². The van der Waals surface area contributed by atoms with Crippen LogP contribution < -0.4 is 14.8 Å². The third-order valence-corrected chi connectivity index (χ3v) is 6.53. The van der Waals surface area contributed by atoms with Crippen LogP contribution in [0.5, 0.6) is 11.5 Å². The van der Waals surface area contributed by atoms with Crippen LogP contribution in [0.1, 0.15) is 26.4 Å². The molecule has 5 rings (SSSR count). The fourth-order valence-corrected chi connectivity index (χ4v) is 5.18. The maximum absolute atomic E-state index is 12.9. The predicted octanol–water partition coefficient (Wildman–Crippen LogP) is 1.63. The summed E-state index contributed by atoms with van der Waals surface area (Å²) in [5, 5.41) is 3.43.